The maximum Gasteiger partial charge on any atom is 0.215 e. The number of nitrogens with one attached hydrogen (secondary N) is 1. The Balaban J connectivity index is 1.88. The van der Waals surface area contributed by atoms with Crippen LogP contribution in [0.15, 0.2) is 36.4 Å². The quantitative estimate of drug-likeness (QED) is 0.880. The zero-order valence-corrected chi connectivity index (χ0v) is 12.5. The molecule has 20 heavy (non-hydrogen) atoms. The van der Waals surface area contributed by atoms with Gasteiger partial charge in [-0.3, -0.25) is 4.68 Å². The van der Waals surface area contributed by atoms with Gasteiger partial charge in [0.15, 0.2) is 0 Å². The maximum atomic E-state index is 11.9. The number of aromatic nitrogens is 2. The van der Waals surface area contributed by atoms with Gasteiger partial charge in [-0.25, -0.2) is 13.1 Å². The van der Waals surface area contributed by atoms with Crippen LogP contribution in [0.5, 0.6) is 0 Å². The molecule has 0 aliphatic carbocycles. The number of aryl methyl sites for hydroxylation is 2. The SMILES string of the molecule is Cc1cc(C)n(CCNS(=O)(=O)Cc2ccccc2)n1. The number of hydrogen-bond acceptors (Lipinski definition) is 3. The number of rotatable bonds is 6. The first kappa shape index (κ1) is 14.7. The summed E-state index contributed by atoms with van der Waals surface area (Å²) in [6, 6.07) is 11.1. The molecule has 0 saturated heterocycles. The lowest BCUT2D eigenvalue weighted by Crippen LogP contribution is -2.29. The third-order valence-corrected chi connectivity index (χ3v) is 4.31. The van der Waals surface area contributed by atoms with Gasteiger partial charge in [0.05, 0.1) is 18.0 Å². The van der Waals surface area contributed by atoms with Gasteiger partial charge in [-0.2, -0.15) is 5.10 Å². The van der Waals surface area contributed by atoms with E-state index >= 15 is 0 Å². The Bertz CT molecular complexity index is 663. The van der Waals surface area contributed by atoms with Crippen LogP contribution < -0.4 is 4.72 Å². The van der Waals surface area contributed by atoms with Gasteiger partial charge in [0.2, 0.25) is 10.0 Å². The Labute approximate surface area is 119 Å². The molecule has 0 fully saturated rings. The summed E-state index contributed by atoms with van der Waals surface area (Å²) in [5.74, 6) is 0.00492. The first-order chi connectivity index (χ1) is 9.46. The minimum absolute atomic E-state index is 0.00492. The van der Waals surface area contributed by atoms with E-state index in [1.807, 2.05) is 38.1 Å². The summed E-state index contributed by atoms with van der Waals surface area (Å²) in [6.07, 6.45) is 0. The third kappa shape index (κ3) is 4.18. The Hall–Kier alpha value is -1.66. The van der Waals surface area contributed by atoms with Crippen molar-refractivity contribution in [2.24, 2.45) is 0 Å². The van der Waals surface area contributed by atoms with Crippen LogP contribution in [0.3, 0.4) is 0 Å². The van der Waals surface area contributed by atoms with E-state index in [0.29, 0.717) is 13.1 Å². The van der Waals surface area contributed by atoms with Crippen LogP contribution in [0.25, 0.3) is 0 Å². The smallest absolute Gasteiger partial charge is 0.215 e. The molecule has 0 saturated carbocycles. The summed E-state index contributed by atoms with van der Waals surface area (Å²) in [4.78, 5) is 0. The second-order valence-corrected chi connectivity index (χ2v) is 6.60. The molecule has 0 bridgehead atoms. The van der Waals surface area contributed by atoms with E-state index < -0.39 is 10.0 Å². The van der Waals surface area contributed by atoms with Crippen molar-refractivity contribution in [1.82, 2.24) is 14.5 Å². The van der Waals surface area contributed by atoms with Crippen molar-refractivity contribution in [2.45, 2.75) is 26.1 Å². The third-order valence-electron chi connectivity index (χ3n) is 2.95. The molecular formula is C14H19N3O2S. The lowest BCUT2D eigenvalue weighted by Gasteiger charge is -2.08. The summed E-state index contributed by atoms with van der Waals surface area (Å²) < 4.78 is 28.3. The van der Waals surface area contributed by atoms with Crippen molar-refractivity contribution in [1.29, 1.82) is 0 Å². The van der Waals surface area contributed by atoms with E-state index in [0.717, 1.165) is 17.0 Å². The highest BCUT2D eigenvalue weighted by Crippen LogP contribution is 2.04. The topological polar surface area (TPSA) is 64.0 Å². The summed E-state index contributed by atoms with van der Waals surface area (Å²) in [5, 5.41) is 4.30. The average Bonchev–Trinajstić information content (AvgIpc) is 2.68. The van der Waals surface area contributed by atoms with E-state index in [9.17, 15) is 8.42 Å². The molecule has 0 unspecified atom stereocenters. The molecule has 1 aromatic heterocycles. The summed E-state index contributed by atoms with van der Waals surface area (Å²) in [6.45, 7) is 4.76. The second-order valence-electron chi connectivity index (χ2n) is 4.79. The zero-order valence-electron chi connectivity index (χ0n) is 11.7. The molecule has 1 N–H and O–H groups in total. The zero-order chi connectivity index (χ0) is 14.6. The largest absolute Gasteiger partial charge is 0.268 e. The van der Waals surface area contributed by atoms with Gasteiger partial charge in [0.1, 0.15) is 0 Å². The molecule has 0 spiro atoms. The number of benzene rings is 1. The van der Waals surface area contributed by atoms with Gasteiger partial charge >= 0.3 is 0 Å². The number of hydrogen-bond donors (Lipinski definition) is 1. The van der Waals surface area contributed by atoms with Gasteiger partial charge in [-0.1, -0.05) is 30.3 Å². The number of nitrogens with zero attached hydrogens (tertiary/aromatic N) is 2. The highest BCUT2D eigenvalue weighted by molar-refractivity contribution is 7.88. The van der Waals surface area contributed by atoms with E-state index in [-0.39, 0.29) is 5.75 Å². The molecule has 0 atom stereocenters. The molecule has 108 valence electrons. The highest BCUT2D eigenvalue weighted by atomic mass is 32.2. The standard InChI is InChI=1S/C14H19N3O2S/c1-12-10-13(2)17(16-12)9-8-15-20(18,19)11-14-6-4-3-5-7-14/h3-7,10,15H,8-9,11H2,1-2H3. The fourth-order valence-corrected chi connectivity index (χ4v) is 3.19. The molecule has 0 amide bonds. The van der Waals surface area contributed by atoms with E-state index in [2.05, 4.69) is 9.82 Å². The minimum atomic E-state index is -3.30. The maximum absolute atomic E-state index is 11.9. The van der Waals surface area contributed by atoms with Crippen molar-refractivity contribution in [3.63, 3.8) is 0 Å². The monoisotopic (exact) mass is 293 g/mol. The molecule has 2 aromatic rings. The molecule has 0 radical (unpaired) electrons. The van der Waals surface area contributed by atoms with Crippen LogP contribution in [-0.4, -0.2) is 24.7 Å². The van der Waals surface area contributed by atoms with Crippen LogP contribution >= 0.6 is 0 Å². The lowest BCUT2D eigenvalue weighted by atomic mass is 10.2. The molecule has 6 heteroatoms. The Morgan fingerprint density at radius 1 is 1.20 bits per heavy atom. The van der Waals surface area contributed by atoms with Crippen LogP contribution in [0.1, 0.15) is 17.0 Å². The molecule has 1 heterocycles. The lowest BCUT2D eigenvalue weighted by molar-refractivity contribution is 0.554. The predicted octanol–water partition coefficient (Wildman–Crippen LogP) is 1.62. The summed E-state index contributed by atoms with van der Waals surface area (Å²) in [5.41, 5.74) is 2.76. The van der Waals surface area contributed by atoms with Gasteiger partial charge in [-0.15, -0.1) is 0 Å². The molecule has 1 aromatic carbocycles. The molecule has 2 rings (SSSR count). The second kappa shape index (κ2) is 6.19. The van der Waals surface area contributed by atoms with Crippen molar-refractivity contribution >= 4 is 10.0 Å². The van der Waals surface area contributed by atoms with E-state index in [4.69, 9.17) is 0 Å². The number of sulfonamides is 1. The minimum Gasteiger partial charge on any atom is -0.268 e. The Morgan fingerprint density at radius 3 is 2.50 bits per heavy atom. The highest BCUT2D eigenvalue weighted by Gasteiger charge is 2.11. The fourth-order valence-electron chi connectivity index (χ4n) is 2.05. The normalized spacial score (nSPS) is 11.7. The van der Waals surface area contributed by atoms with Gasteiger partial charge in [-0.05, 0) is 25.5 Å². The van der Waals surface area contributed by atoms with Crippen LogP contribution in [0.4, 0.5) is 0 Å². The van der Waals surface area contributed by atoms with Crippen molar-refractivity contribution in [3.8, 4) is 0 Å². The first-order valence-corrected chi connectivity index (χ1v) is 8.14. The average molecular weight is 293 g/mol. The van der Waals surface area contributed by atoms with Crippen molar-refractivity contribution < 1.29 is 8.42 Å². The Morgan fingerprint density at radius 2 is 1.90 bits per heavy atom. The van der Waals surface area contributed by atoms with E-state index in [1.54, 1.807) is 16.8 Å². The van der Waals surface area contributed by atoms with Gasteiger partial charge in [0.25, 0.3) is 0 Å². The predicted molar refractivity (Wildman–Crippen MR) is 78.8 cm³/mol. The van der Waals surface area contributed by atoms with Crippen LogP contribution in [-0.2, 0) is 22.3 Å². The van der Waals surface area contributed by atoms with Crippen molar-refractivity contribution in [2.75, 3.05) is 6.54 Å². The first-order valence-electron chi connectivity index (χ1n) is 6.48. The molecule has 0 aliphatic rings. The molecule has 0 aliphatic heterocycles. The molecule has 5 nitrogen and oxygen atoms in total. The molecular weight excluding hydrogens is 274 g/mol. The van der Waals surface area contributed by atoms with Crippen LogP contribution in [0.2, 0.25) is 0 Å². The summed E-state index contributed by atoms with van der Waals surface area (Å²) >= 11 is 0. The Kier molecular flexibility index (Phi) is 4.57. The van der Waals surface area contributed by atoms with Gasteiger partial charge in [0, 0.05) is 12.2 Å². The van der Waals surface area contributed by atoms with E-state index in [1.165, 1.54) is 0 Å². The fraction of sp³-hybridized carbons (Fsp3) is 0.357. The van der Waals surface area contributed by atoms with Crippen LogP contribution in [0, 0.1) is 13.8 Å². The van der Waals surface area contributed by atoms with Crippen molar-refractivity contribution in [3.05, 3.63) is 53.3 Å². The van der Waals surface area contributed by atoms with Gasteiger partial charge < -0.3 is 0 Å². The summed E-state index contributed by atoms with van der Waals surface area (Å²) in [7, 11) is -3.30.